The molecule has 0 saturated carbocycles. The van der Waals surface area contributed by atoms with Gasteiger partial charge in [0, 0.05) is 35.7 Å². The number of halogens is 1. The second kappa shape index (κ2) is 8.23. The highest BCUT2D eigenvalue weighted by molar-refractivity contribution is 6.30. The van der Waals surface area contributed by atoms with Crippen molar-refractivity contribution in [2.24, 2.45) is 0 Å². The van der Waals surface area contributed by atoms with E-state index in [1.165, 1.54) is 0 Å². The number of ether oxygens (including phenoxy) is 1. The zero-order valence-corrected chi connectivity index (χ0v) is 16.9. The minimum Gasteiger partial charge on any atom is -0.368 e. The minimum absolute atomic E-state index is 0.107. The summed E-state index contributed by atoms with van der Waals surface area (Å²) in [7, 11) is 0. The van der Waals surface area contributed by atoms with Crippen molar-refractivity contribution in [1.29, 1.82) is 0 Å². The fraction of sp³-hybridized carbons (Fsp3) is 0.286. The van der Waals surface area contributed by atoms with Gasteiger partial charge in [0.05, 0.1) is 35.8 Å². The van der Waals surface area contributed by atoms with Gasteiger partial charge in [-0.25, -0.2) is 9.97 Å². The molecule has 0 N–H and O–H groups in total. The van der Waals surface area contributed by atoms with Crippen LogP contribution >= 0.6 is 11.6 Å². The molecule has 1 amide bonds. The molecule has 2 aromatic heterocycles. The first-order valence-electron chi connectivity index (χ1n) is 9.31. The van der Waals surface area contributed by atoms with Crippen molar-refractivity contribution in [3.8, 4) is 11.3 Å². The molecule has 0 spiro atoms. The molecule has 1 aliphatic heterocycles. The summed E-state index contributed by atoms with van der Waals surface area (Å²) in [6.45, 7) is 4.90. The summed E-state index contributed by atoms with van der Waals surface area (Å²) in [6, 6.07) is 7.45. The van der Waals surface area contributed by atoms with Gasteiger partial charge in [0.2, 0.25) is 0 Å². The molecule has 3 heterocycles. The van der Waals surface area contributed by atoms with Gasteiger partial charge >= 0.3 is 0 Å². The number of amides is 1. The molecule has 0 aliphatic carbocycles. The van der Waals surface area contributed by atoms with E-state index in [0.717, 1.165) is 5.56 Å². The summed E-state index contributed by atoms with van der Waals surface area (Å²) in [4.78, 5) is 32.3. The monoisotopic (exact) mass is 409 g/mol. The number of nitrogens with zero attached hydrogens (tertiary/aromatic N) is 5. The van der Waals surface area contributed by atoms with Gasteiger partial charge in [-0.15, -0.1) is 0 Å². The lowest BCUT2D eigenvalue weighted by molar-refractivity contribution is -0.0246. The Morgan fingerprint density at radius 2 is 2.03 bits per heavy atom. The molecule has 0 bridgehead atoms. The minimum atomic E-state index is -0.387. The van der Waals surface area contributed by atoms with E-state index in [1.54, 1.807) is 30.4 Å². The summed E-state index contributed by atoms with van der Waals surface area (Å²) in [5.74, 6) is 0.536. The van der Waals surface area contributed by atoms with Crippen LogP contribution in [0.5, 0.6) is 0 Å². The first-order chi connectivity index (χ1) is 14.0. The molecule has 0 radical (unpaired) electrons. The predicted octanol–water partition coefficient (Wildman–Crippen LogP) is 3.42. The van der Waals surface area contributed by atoms with Gasteiger partial charge in [-0.1, -0.05) is 23.7 Å². The lowest BCUT2D eigenvalue weighted by atomic mass is 10.0. The summed E-state index contributed by atoms with van der Waals surface area (Å²) >= 11 is 6.15. The Kier molecular flexibility index (Phi) is 5.51. The van der Waals surface area contributed by atoms with E-state index in [4.69, 9.17) is 16.3 Å². The number of hydrogen-bond acceptors (Lipinski definition) is 6. The second-order valence-electron chi connectivity index (χ2n) is 6.83. The van der Waals surface area contributed by atoms with E-state index in [0.29, 0.717) is 53.2 Å². The van der Waals surface area contributed by atoms with Crippen LogP contribution < -0.4 is 0 Å². The third-order valence-electron chi connectivity index (χ3n) is 4.81. The molecule has 1 aliphatic rings. The number of aryl methyl sites for hydroxylation is 2. The van der Waals surface area contributed by atoms with E-state index in [-0.39, 0.29) is 12.0 Å². The van der Waals surface area contributed by atoms with Crippen LogP contribution in [0.3, 0.4) is 0 Å². The lowest BCUT2D eigenvalue weighted by Gasteiger charge is -2.33. The van der Waals surface area contributed by atoms with Crippen LogP contribution in [0.1, 0.15) is 33.7 Å². The zero-order valence-electron chi connectivity index (χ0n) is 16.2. The number of morpholine rings is 1. The molecule has 1 aromatic carbocycles. The Morgan fingerprint density at radius 1 is 1.21 bits per heavy atom. The van der Waals surface area contributed by atoms with Crippen molar-refractivity contribution in [1.82, 2.24) is 24.8 Å². The van der Waals surface area contributed by atoms with Crippen LogP contribution in [0, 0.1) is 13.8 Å². The summed E-state index contributed by atoms with van der Waals surface area (Å²) in [5.41, 5.74) is 3.42. The smallest absolute Gasteiger partial charge is 0.257 e. The van der Waals surface area contributed by atoms with Gasteiger partial charge < -0.3 is 9.64 Å². The number of hydrogen-bond donors (Lipinski definition) is 0. The quantitative estimate of drug-likeness (QED) is 0.659. The molecule has 3 aromatic rings. The van der Waals surface area contributed by atoms with Gasteiger partial charge in [-0.3, -0.25) is 14.8 Å². The number of aromatic nitrogens is 4. The molecule has 1 unspecified atom stereocenters. The summed E-state index contributed by atoms with van der Waals surface area (Å²) in [6.07, 6.45) is 4.47. The van der Waals surface area contributed by atoms with Crippen molar-refractivity contribution < 1.29 is 9.53 Å². The summed E-state index contributed by atoms with van der Waals surface area (Å²) in [5, 5.41) is 0.621. The van der Waals surface area contributed by atoms with Crippen molar-refractivity contribution in [2.75, 3.05) is 19.7 Å². The van der Waals surface area contributed by atoms with E-state index < -0.39 is 0 Å². The van der Waals surface area contributed by atoms with E-state index >= 15 is 0 Å². The van der Waals surface area contributed by atoms with Gasteiger partial charge in [0.25, 0.3) is 5.91 Å². The molecule has 1 atom stereocenters. The Labute approximate surface area is 173 Å². The Morgan fingerprint density at radius 3 is 2.83 bits per heavy atom. The van der Waals surface area contributed by atoms with Gasteiger partial charge in [-0.05, 0) is 26.0 Å². The van der Waals surface area contributed by atoms with Crippen LogP contribution in [-0.4, -0.2) is 50.4 Å². The third-order valence-corrected chi connectivity index (χ3v) is 5.05. The fourth-order valence-corrected chi connectivity index (χ4v) is 3.60. The van der Waals surface area contributed by atoms with Gasteiger partial charge in [-0.2, -0.15) is 0 Å². The number of rotatable bonds is 3. The van der Waals surface area contributed by atoms with Crippen molar-refractivity contribution in [2.45, 2.75) is 20.0 Å². The van der Waals surface area contributed by atoms with E-state index in [9.17, 15) is 4.79 Å². The topological polar surface area (TPSA) is 81.1 Å². The van der Waals surface area contributed by atoms with Crippen LogP contribution in [0.4, 0.5) is 0 Å². The Hall–Kier alpha value is -2.90. The average molecular weight is 410 g/mol. The molecule has 29 heavy (non-hydrogen) atoms. The van der Waals surface area contributed by atoms with E-state index in [2.05, 4.69) is 19.9 Å². The molecular formula is C21H20ClN5O2. The first-order valence-corrected chi connectivity index (χ1v) is 9.68. The predicted molar refractivity (Wildman–Crippen MR) is 109 cm³/mol. The maximum atomic E-state index is 13.0. The highest BCUT2D eigenvalue weighted by Crippen LogP contribution is 2.30. The van der Waals surface area contributed by atoms with Crippen LogP contribution in [0.15, 0.2) is 42.9 Å². The molecule has 1 fully saturated rings. The average Bonchev–Trinajstić information content (AvgIpc) is 2.73. The van der Waals surface area contributed by atoms with Crippen LogP contribution in [-0.2, 0) is 4.74 Å². The molecule has 7 nitrogen and oxygen atoms in total. The Bertz CT molecular complexity index is 1060. The van der Waals surface area contributed by atoms with Crippen molar-refractivity contribution in [3.05, 3.63) is 70.7 Å². The molecule has 148 valence electrons. The highest BCUT2D eigenvalue weighted by Gasteiger charge is 2.30. The largest absolute Gasteiger partial charge is 0.368 e. The maximum Gasteiger partial charge on any atom is 0.257 e. The number of benzene rings is 1. The fourth-order valence-electron chi connectivity index (χ4n) is 3.41. The lowest BCUT2D eigenvalue weighted by Crippen LogP contribution is -2.43. The van der Waals surface area contributed by atoms with Gasteiger partial charge in [0.1, 0.15) is 11.9 Å². The SMILES string of the molecule is Cc1ncc(C(=O)N2CCOC(c3nccnc3-c3cccc(Cl)c3)C2)c(C)n1. The van der Waals surface area contributed by atoms with E-state index in [1.807, 2.05) is 31.2 Å². The number of carbonyl (C=O) groups is 1. The first kappa shape index (κ1) is 19.4. The zero-order chi connectivity index (χ0) is 20.4. The molecule has 1 saturated heterocycles. The third kappa shape index (κ3) is 4.11. The normalized spacial score (nSPS) is 16.7. The van der Waals surface area contributed by atoms with Gasteiger partial charge in [0.15, 0.2) is 0 Å². The van der Waals surface area contributed by atoms with Crippen molar-refractivity contribution >= 4 is 17.5 Å². The maximum absolute atomic E-state index is 13.0. The Balaban J connectivity index is 1.62. The highest BCUT2D eigenvalue weighted by atomic mass is 35.5. The molecular weight excluding hydrogens is 390 g/mol. The van der Waals surface area contributed by atoms with Crippen molar-refractivity contribution in [3.63, 3.8) is 0 Å². The van der Waals surface area contributed by atoms with Crippen LogP contribution in [0.25, 0.3) is 11.3 Å². The van der Waals surface area contributed by atoms with Crippen LogP contribution in [0.2, 0.25) is 5.02 Å². The second-order valence-corrected chi connectivity index (χ2v) is 7.26. The number of carbonyl (C=O) groups excluding carboxylic acids is 1. The molecule has 4 rings (SSSR count). The molecule has 8 heteroatoms. The summed E-state index contributed by atoms with van der Waals surface area (Å²) < 4.78 is 5.96. The standard InChI is InChI=1S/C21H20ClN5O2/c1-13-17(11-25-14(2)26-13)21(28)27-8-9-29-18(12-27)20-19(23-6-7-24-20)15-4-3-5-16(22)10-15/h3-7,10-11,18H,8-9,12H2,1-2H3.